The fourth-order valence-electron chi connectivity index (χ4n) is 2.58. The summed E-state index contributed by atoms with van der Waals surface area (Å²) in [4.78, 5) is 0. The second kappa shape index (κ2) is 8.56. The number of hydrogen-bond acceptors (Lipinski definition) is 4. The summed E-state index contributed by atoms with van der Waals surface area (Å²) in [6.07, 6.45) is -0.274. The quantitative estimate of drug-likeness (QED) is 0.497. The zero-order valence-electron chi connectivity index (χ0n) is 14.5. The Hall–Kier alpha value is -2.05. The molecule has 0 spiro atoms. The van der Waals surface area contributed by atoms with Crippen molar-refractivity contribution < 1.29 is 9.13 Å². The Bertz CT molecular complexity index is 887. The van der Waals surface area contributed by atoms with Gasteiger partial charge in [0.2, 0.25) is 0 Å². The largest absolute Gasteiger partial charge is 0.483 e. The molecule has 0 aliphatic heterocycles. The van der Waals surface area contributed by atoms with E-state index in [1.54, 1.807) is 18.2 Å². The molecule has 3 rings (SSSR count). The summed E-state index contributed by atoms with van der Waals surface area (Å²) in [7, 11) is 0. The number of ether oxygens (including phenoxy) is 1. The van der Waals surface area contributed by atoms with Gasteiger partial charge in [-0.05, 0) is 49.7 Å². The maximum absolute atomic E-state index is 13.3. The number of nitrogens with zero attached hydrogens (tertiary/aromatic N) is 3. The third-order valence-corrected chi connectivity index (χ3v) is 5.06. The van der Waals surface area contributed by atoms with Gasteiger partial charge in [-0.1, -0.05) is 41.6 Å². The van der Waals surface area contributed by atoms with Gasteiger partial charge in [0.05, 0.1) is 0 Å². The van der Waals surface area contributed by atoms with Crippen molar-refractivity contribution in [2.24, 2.45) is 0 Å². The molecule has 0 N–H and O–H groups in total. The molecule has 7 heteroatoms. The maximum Gasteiger partial charge on any atom is 0.191 e. The summed E-state index contributed by atoms with van der Waals surface area (Å²) in [5.74, 6) is 1.82. The molecule has 2 aromatic carbocycles. The summed E-state index contributed by atoms with van der Waals surface area (Å²) >= 11 is 7.53. The van der Waals surface area contributed by atoms with E-state index in [1.165, 1.54) is 23.9 Å². The first kappa shape index (κ1) is 18.7. The van der Waals surface area contributed by atoms with Crippen LogP contribution in [0.5, 0.6) is 5.75 Å². The zero-order valence-corrected chi connectivity index (χ0v) is 16.1. The van der Waals surface area contributed by atoms with Crippen LogP contribution in [0, 0.1) is 5.82 Å². The van der Waals surface area contributed by atoms with E-state index in [9.17, 15) is 4.39 Å². The zero-order chi connectivity index (χ0) is 18.5. The van der Waals surface area contributed by atoms with Crippen molar-refractivity contribution in [2.45, 2.75) is 37.4 Å². The Kier molecular flexibility index (Phi) is 6.16. The number of benzene rings is 2. The van der Waals surface area contributed by atoms with Gasteiger partial charge in [-0.25, -0.2) is 4.39 Å². The van der Waals surface area contributed by atoms with Gasteiger partial charge in [0, 0.05) is 17.3 Å². The minimum Gasteiger partial charge on any atom is -0.483 e. The van der Waals surface area contributed by atoms with Crippen molar-refractivity contribution in [3.63, 3.8) is 0 Å². The van der Waals surface area contributed by atoms with E-state index in [2.05, 4.69) is 10.2 Å². The van der Waals surface area contributed by atoms with Crippen LogP contribution >= 0.6 is 23.4 Å². The van der Waals surface area contributed by atoms with E-state index in [4.69, 9.17) is 16.3 Å². The highest BCUT2D eigenvalue weighted by molar-refractivity contribution is 7.98. The highest BCUT2D eigenvalue weighted by atomic mass is 35.5. The first-order valence-corrected chi connectivity index (χ1v) is 9.65. The van der Waals surface area contributed by atoms with Crippen LogP contribution in [0.2, 0.25) is 5.02 Å². The first-order chi connectivity index (χ1) is 12.6. The molecule has 26 heavy (non-hydrogen) atoms. The Morgan fingerprint density at radius 2 is 2.00 bits per heavy atom. The number of hydrogen-bond donors (Lipinski definition) is 0. The molecule has 0 radical (unpaired) electrons. The average molecular weight is 392 g/mol. The summed E-state index contributed by atoms with van der Waals surface area (Å²) in [6, 6.07) is 13.8. The van der Waals surface area contributed by atoms with Gasteiger partial charge in [0.1, 0.15) is 11.6 Å². The molecule has 3 aromatic rings. The average Bonchev–Trinajstić information content (AvgIpc) is 3.03. The molecule has 1 unspecified atom stereocenters. The molecule has 0 aliphatic carbocycles. The predicted molar refractivity (Wildman–Crippen MR) is 102 cm³/mol. The van der Waals surface area contributed by atoms with E-state index in [1.807, 2.05) is 36.6 Å². The van der Waals surface area contributed by atoms with Crippen LogP contribution in [0.4, 0.5) is 4.39 Å². The molecule has 0 bridgehead atoms. The van der Waals surface area contributed by atoms with Crippen LogP contribution < -0.4 is 4.74 Å². The van der Waals surface area contributed by atoms with Crippen LogP contribution in [-0.2, 0) is 12.3 Å². The monoisotopic (exact) mass is 391 g/mol. The van der Waals surface area contributed by atoms with Gasteiger partial charge < -0.3 is 9.30 Å². The van der Waals surface area contributed by atoms with Gasteiger partial charge in [-0.15, -0.1) is 10.2 Å². The number of rotatable bonds is 7. The van der Waals surface area contributed by atoms with E-state index < -0.39 is 0 Å². The Labute approximate surface area is 161 Å². The lowest BCUT2D eigenvalue weighted by Crippen LogP contribution is -2.12. The maximum atomic E-state index is 13.3. The molecule has 0 amide bonds. The lowest BCUT2D eigenvalue weighted by Gasteiger charge is -2.15. The van der Waals surface area contributed by atoms with Crippen molar-refractivity contribution in [2.75, 3.05) is 0 Å². The molecule has 0 saturated heterocycles. The highest BCUT2D eigenvalue weighted by Crippen LogP contribution is 2.27. The summed E-state index contributed by atoms with van der Waals surface area (Å²) in [6.45, 7) is 4.68. The second-order valence-corrected chi connectivity index (χ2v) is 7.10. The SMILES string of the molecule is CCn1c(SCc2cccc(F)c2)nnc1C(C)Oc1cccc(Cl)c1. The van der Waals surface area contributed by atoms with Gasteiger partial charge in [0.25, 0.3) is 0 Å². The first-order valence-electron chi connectivity index (χ1n) is 8.29. The smallest absolute Gasteiger partial charge is 0.191 e. The molecule has 0 saturated carbocycles. The molecular formula is C19H19ClFN3OS. The summed E-state index contributed by atoms with van der Waals surface area (Å²) < 4.78 is 21.3. The van der Waals surface area contributed by atoms with Gasteiger partial charge >= 0.3 is 0 Å². The fraction of sp³-hybridized carbons (Fsp3) is 0.263. The minimum atomic E-state index is -0.274. The third-order valence-electron chi connectivity index (χ3n) is 3.79. The Morgan fingerprint density at radius 3 is 2.73 bits per heavy atom. The molecule has 0 aliphatic rings. The Balaban J connectivity index is 1.72. The second-order valence-electron chi connectivity index (χ2n) is 5.72. The highest BCUT2D eigenvalue weighted by Gasteiger charge is 2.19. The summed E-state index contributed by atoms with van der Waals surface area (Å²) in [5.41, 5.74) is 0.908. The van der Waals surface area contributed by atoms with Crippen molar-refractivity contribution in [1.29, 1.82) is 0 Å². The summed E-state index contributed by atoms with van der Waals surface area (Å²) in [5, 5.41) is 9.98. The Morgan fingerprint density at radius 1 is 1.19 bits per heavy atom. The fourth-order valence-corrected chi connectivity index (χ4v) is 3.71. The number of aromatic nitrogens is 3. The van der Waals surface area contributed by atoms with Gasteiger partial charge in [0.15, 0.2) is 17.1 Å². The van der Waals surface area contributed by atoms with E-state index in [0.29, 0.717) is 16.5 Å². The normalized spacial score (nSPS) is 12.2. The van der Waals surface area contributed by atoms with Crippen molar-refractivity contribution in [1.82, 2.24) is 14.8 Å². The van der Waals surface area contributed by atoms with E-state index in [0.717, 1.165) is 23.1 Å². The molecule has 4 nitrogen and oxygen atoms in total. The lowest BCUT2D eigenvalue weighted by molar-refractivity contribution is 0.210. The van der Waals surface area contributed by atoms with Gasteiger partial charge in [-0.2, -0.15) is 0 Å². The molecule has 1 heterocycles. The van der Waals surface area contributed by atoms with Crippen LogP contribution in [0.3, 0.4) is 0 Å². The number of halogens is 2. The van der Waals surface area contributed by atoms with Crippen molar-refractivity contribution in [3.8, 4) is 5.75 Å². The van der Waals surface area contributed by atoms with Crippen LogP contribution in [0.25, 0.3) is 0 Å². The molecule has 1 aromatic heterocycles. The standard InChI is InChI=1S/C19H19ClFN3OS/c1-3-24-18(13(2)25-17-9-5-7-15(20)11-17)22-23-19(24)26-12-14-6-4-8-16(21)10-14/h4-11,13H,3,12H2,1-2H3. The van der Waals surface area contributed by atoms with Crippen molar-refractivity contribution in [3.05, 3.63) is 70.8 Å². The number of thioether (sulfide) groups is 1. The molecule has 1 atom stereocenters. The van der Waals surface area contributed by atoms with E-state index in [-0.39, 0.29) is 11.9 Å². The van der Waals surface area contributed by atoms with Gasteiger partial charge in [-0.3, -0.25) is 0 Å². The predicted octanol–water partition coefficient (Wildman–Crippen LogP) is 5.52. The topological polar surface area (TPSA) is 39.9 Å². The molecular weight excluding hydrogens is 373 g/mol. The lowest BCUT2D eigenvalue weighted by atomic mass is 10.2. The van der Waals surface area contributed by atoms with E-state index >= 15 is 0 Å². The van der Waals surface area contributed by atoms with Crippen LogP contribution in [-0.4, -0.2) is 14.8 Å². The molecule has 0 fully saturated rings. The molecule has 136 valence electrons. The van der Waals surface area contributed by atoms with Crippen molar-refractivity contribution >= 4 is 23.4 Å². The van der Waals surface area contributed by atoms with Crippen LogP contribution in [0.1, 0.15) is 31.3 Å². The van der Waals surface area contributed by atoms with Crippen LogP contribution in [0.15, 0.2) is 53.7 Å². The minimum absolute atomic E-state index is 0.232. The third kappa shape index (κ3) is 4.56.